The van der Waals surface area contributed by atoms with Gasteiger partial charge in [0.1, 0.15) is 17.3 Å². The Kier molecular flexibility index (Phi) is 9.02. The van der Waals surface area contributed by atoms with Crippen molar-refractivity contribution in [3.8, 4) is 5.75 Å². The molecule has 3 aromatic carbocycles. The molecule has 13 heteroatoms. The number of hydrogen-bond acceptors (Lipinski definition) is 9. The molecule has 0 saturated carbocycles. The second kappa shape index (κ2) is 13.4. The molecular weight excluding hydrogens is 577 g/mol. The summed E-state index contributed by atoms with van der Waals surface area (Å²) in [6, 6.07) is 21.6. The Morgan fingerprint density at radius 3 is 2.67 bits per heavy atom. The second-order valence-corrected chi connectivity index (χ2v) is 9.95. The molecule has 0 atom stereocenters. The van der Waals surface area contributed by atoms with Crippen LogP contribution in [0.5, 0.6) is 5.75 Å². The number of halogens is 1. The summed E-state index contributed by atoms with van der Waals surface area (Å²) in [6.07, 6.45) is 4.48. The molecule has 0 unspecified atom stereocenters. The Bertz CT molecular complexity index is 1740. The lowest BCUT2D eigenvalue weighted by Gasteiger charge is -2.12. The van der Waals surface area contributed by atoms with Crippen LogP contribution in [-0.2, 0) is 16.1 Å². The lowest BCUT2D eigenvalue weighted by molar-refractivity contribution is -0.384. The highest BCUT2D eigenvalue weighted by atomic mass is 32.2. The number of thioether (sulfide) groups is 1. The summed E-state index contributed by atoms with van der Waals surface area (Å²) in [5.41, 5.74) is 1.36. The Balaban J connectivity index is 1.34. The van der Waals surface area contributed by atoms with Gasteiger partial charge in [0.15, 0.2) is 11.8 Å². The van der Waals surface area contributed by atoms with Gasteiger partial charge in [-0.3, -0.25) is 24.6 Å². The molecule has 43 heavy (non-hydrogen) atoms. The van der Waals surface area contributed by atoms with Gasteiger partial charge in [-0.2, -0.15) is 5.10 Å². The van der Waals surface area contributed by atoms with Crippen molar-refractivity contribution in [2.75, 3.05) is 11.9 Å². The van der Waals surface area contributed by atoms with Crippen LogP contribution in [0.1, 0.15) is 16.9 Å². The maximum Gasteiger partial charge on any atom is 0.270 e. The van der Waals surface area contributed by atoms with Crippen molar-refractivity contribution in [3.05, 3.63) is 129 Å². The number of furan rings is 1. The third-order valence-corrected chi connectivity index (χ3v) is 6.90. The van der Waals surface area contributed by atoms with Gasteiger partial charge >= 0.3 is 0 Å². The predicted molar refractivity (Wildman–Crippen MR) is 160 cm³/mol. The molecule has 1 aromatic heterocycles. The van der Waals surface area contributed by atoms with Gasteiger partial charge in [-0.15, -0.1) is 5.10 Å². The summed E-state index contributed by atoms with van der Waals surface area (Å²) in [5, 5.41) is 22.2. The van der Waals surface area contributed by atoms with E-state index >= 15 is 0 Å². The number of non-ortho nitro benzene ring substituents is 1. The zero-order valence-electron chi connectivity index (χ0n) is 22.3. The van der Waals surface area contributed by atoms with Crippen molar-refractivity contribution >= 4 is 52.4 Å². The normalized spacial score (nSPS) is 15.0. The van der Waals surface area contributed by atoms with Crippen LogP contribution >= 0.6 is 11.8 Å². The van der Waals surface area contributed by atoms with E-state index in [9.17, 15) is 24.1 Å². The minimum Gasteiger partial charge on any atom is -0.483 e. The van der Waals surface area contributed by atoms with Crippen LogP contribution in [0.3, 0.4) is 0 Å². The molecule has 1 fully saturated rings. The van der Waals surface area contributed by atoms with E-state index in [0.717, 1.165) is 11.8 Å². The van der Waals surface area contributed by atoms with E-state index in [2.05, 4.69) is 15.5 Å². The van der Waals surface area contributed by atoms with Gasteiger partial charge in [-0.1, -0.05) is 30.3 Å². The van der Waals surface area contributed by atoms with Crippen LogP contribution in [0.15, 0.2) is 111 Å². The van der Waals surface area contributed by atoms with E-state index in [0.29, 0.717) is 33.2 Å². The van der Waals surface area contributed by atoms with Crippen molar-refractivity contribution in [1.82, 2.24) is 4.90 Å². The summed E-state index contributed by atoms with van der Waals surface area (Å²) in [5.74, 6) is -0.317. The molecule has 0 spiro atoms. The van der Waals surface area contributed by atoms with E-state index in [1.165, 1.54) is 59.8 Å². The molecule has 5 rings (SSSR count). The van der Waals surface area contributed by atoms with Gasteiger partial charge in [0, 0.05) is 28.9 Å². The molecule has 0 aliphatic carbocycles. The number of benzene rings is 3. The highest BCUT2D eigenvalue weighted by Crippen LogP contribution is 2.35. The SMILES string of the molecule is O=C(COc1ccccc1/C=C1\S/C(=N\N=C\c2cccc([N+](=O)[O-])c2)N(Cc2ccco2)C1=O)Nc1ccc(F)cc1. The van der Waals surface area contributed by atoms with Crippen LogP contribution < -0.4 is 10.1 Å². The van der Waals surface area contributed by atoms with Crippen molar-refractivity contribution in [1.29, 1.82) is 0 Å². The molecule has 1 N–H and O–H groups in total. The Morgan fingerprint density at radius 2 is 1.91 bits per heavy atom. The summed E-state index contributed by atoms with van der Waals surface area (Å²) in [4.78, 5) is 38.1. The highest BCUT2D eigenvalue weighted by molar-refractivity contribution is 8.18. The molecule has 4 aromatic rings. The first-order valence-corrected chi connectivity index (χ1v) is 13.5. The number of carbonyl (C=O) groups is 2. The fraction of sp³-hybridized carbons (Fsp3) is 0.0667. The molecule has 0 radical (unpaired) electrons. The van der Waals surface area contributed by atoms with Gasteiger partial charge < -0.3 is 14.5 Å². The lowest BCUT2D eigenvalue weighted by atomic mass is 10.2. The average Bonchev–Trinajstić information content (AvgIpc) is 3.62. The van der Waals surface area contributed by atoms with E-state index in [1.54, 1.807) is 48.5 Å². The number of hydrogen-bond donors (Lipinski definition) is 1. The van der Waals surface area contributed by atoms with Crippen molar-refractivity contribution in [2.24, 2.45) is 10.2 Å². The quantitative estimate of drug-likeness (QED) is 0.104. The molecular formula is C30H22FN5O6S. The second-order valence-electron chi connectivity index (χ2n) is 8.94. The number of nitrogens with zero attached hydrogens (tertiary/aromatic N) is 4. The molecule has 1 aliphatic heterocycles. The first kappa shape index (κ1) is 29.0. The van der Waals surface area contributed by atoms with Gasteiger partial charge in [-0.25, -0.2) is 4.39 Å². The van der Waals surface area contributed by atoms with Crippen LogP contribution in [-0.4, -0.2) is 39.6 Å². The van der Waals surface area contributed by atoms with Crippen LogP contribution in [0.4, 0.5) is 15.8 Å². The molecule has 11 nitrogen and oxygen atoms in total. The first-order valence-electron chi connectivity index (χ1n) is 12.7. The average molecular weight is 600 g/mol. The van der Waals surface area contributed by atoms with Crippen LogP contribution in [0.25, 0.3) is 6.08 Å². The summed E-state index contributed by atoms with van der Waals surface area (Å²) >= 11 is 1.08. The minimum absolute atomic E-state index is 0.0829. The summed E-state index contributed by atoms with van der Waals surface area (Å²) in [6.45, 7) is -0.217. The largest absolute Gasteiger partial charge is 0.483 e. The number of para-hydroxylation sites is 1. The number of carbonyl (C=O) groups excluding carboxylic acids is 2. The number of ether oxygens (including phenoxy) is 1. The monoisotopic (exact) mass is 599 g/mol. The number of amidine groups is 1. The molecule has 0 bridgehead atoms. The van der Waals surface area contributed by atoms with Crippen molar-refractivity contribution < 1.29 is 28.1 Å². The number of amides is 2. The topological polar surface area (TPSA) is 140 Å². The van der Waals surface area contributed by atoms with Gasteiger partial charge in [0.05, 0.1) is 28.9 Å². The molecule has 216 valence electrons. The number of nitro groups is 1. The maximum absolute atomic E-state index is 13.5. The maximum atomic E-state index is 13.5. The van der Waals surface area contributed by atoms with Crippen molar-refractivity contribution in [3.63, 3.8) is 0 Å². The zero-order chi connectivity index (χ0) is 30.2. The number of anilines is 1. The molecule has 2 heterocycles. The fourth-order valence-electron chi connectivity index (χ4n) is 3.89. The molecule has 2 amide bonds. The summed E-state index contributed by atoms with van der Waals surface area (Å²) < 4.78 is 24.3. The van der Waals surface area contributed by atoms with E-state index < -0.39 is 16.6 Å². The minimum atomic E-state index is -0.504. The van der Waals surface area contributed by atoms with Gasteiger partial charge in [0.25, 0.3) is 17.5 Å². The predicted octanol–water partition coefficient (Wildman–Crippen LogP) is 5.85. The Morgan fingerprint density at radius 1 is 1.09 bits per heavy atom. The van der Waals surface area contributed by atoms with Crippen molar-refractivity contribution in [2.45, 2.75) is 6.54 Å². The number of rotatable bonds is 10. The van der Waals surface area contributed by atoms with Gasteiger partial charge in [-0.05, 0) is 60.3 Å². The van der Waals surface area contributed by atoms with E-state index in [-0.39, 0.29) is 29.9 Å². The van der Waals surface area contributed by atoms with Gasteiger partial charge in [0.2, 0.25) is 0 Å². The number of nitro benzene ring substituents is 1. The number of nitrogens with one attached hydrogen (secondary N) is 1. The Labute approximate surface area is 248 Å². The Hall–Kier alpha value is -5.56. The van der Waals surface area contributed by atoms with E-state index in [4.69, 9.17) is 9.15 Å². The fourth-order valence-corrected chi connectivity index (χ4v) is 4.82. The van der Waals surface area contributed by atoms with Crippen LogP contribution in [0, 0.1) is 15.9 Å². The standard InChI is InChI=1S/C30H22FN5O6S/c31-22-10-12-23(13-11-22)33-28(37)19-42-26-9-2-1-6-21(26)16-27-29(38)35(18-25-8-4-14-41-25)30(43-27)34-32-17-20-5-3-7-24(15-20)36(39)40/h1-17H,18-19H2,(H,33,37)/b27-16-,32-17+,34-30-. The van der Waals surface area contributed by atoms with Crippen LogP contribution in [0.2, 0.25) is 0 Å². The highest BCUT2D eigenvalue weighted by Gasteiger charge is 2.34. The molecule has 1 aliphatic rings. The third-order valence-electron chi connectivity index (χ3n) is 5.91. The smallest absolute Gasteiger partial charge is 0.270 e. The zero-order valence-corrected chi connectivity index (χ0v) is 23.1. The molecule has 1 saturated heterocycles. The lowest BCUT2D eigenvalue weighted by Crippen LogP contribution is -2.28. The van der Waals surface area contributed by atoms with E-state index in [1.807, 2.05) is 0 Å². The first-order chi connectivity index (χ1) is 20.9. The summed E-state index contributed by atoms with van der Waals surface area (Å²) in [7, 11) is 0. The third kappa shape index (κ3) is 7.59.